The van der Waals surface area contributed by atoms with Gasteiger partial charge in [0, 0.05) is 12.1 Å². The van der Waals surface area contributed by atoms with Crippen LogP contribution in [0.4, 0.5) is 0 Å². The second-order valence-corrected chi connectivity index (χ2v) is 3.73. The summed E-state index contributed by atoms with van der Waals surface area (Å²) in [7, 11) is 1.90. The first kappa shape index (κ1) is 12.4. The lowest BCUT2D eigenvalue weighted by molar-refractivity contribution is 0.359. The van der Waals surface area contributed by atoms with Gasteiger partial charge in [0.2, 0.25) is 0 Å². The van der Waals surface area contributed by atoms with Gasteiger partial charge in [-0.2, -0.15) is 0 Å². The van der Waals surface area contributed by atoms with E-state index in [-0.39, 0.29) is 0 Å². The number of rotatable bonds is 5. The van der Waals surface area contributed by atoms with Gasteiger partial charge in [0.25, 0.3) is 0 Å². The molecule has 0 saturated heterocycles. The average molecular weight is 246 g/mol. The summed E-state index contributed by atoms with van der Waals surface area (Å²) in [6, 6.07) is 7.83. The van der Waals surface area contributed by atoms with E-state index < -0.39 is 0 Å². The molecule has 4 heteroatoms. The van der Waals surface area contributed by atoms with E-state index in [2.05, 4.69) is 5.32 Å². The van der Waals surface area contributed by atoms with Crippen LogP contribution in [0, 0.1) is 0 Å². The molecular formula is C11H13Cl2NO. The van der Waals surface area contributed by atoms with Crippen LogP contribution in [0.15, 0.2) is 34.8 Å². The molecule has 0 fully saturated rings. The lowest BCUT2D eigenvalue weighted by Crippen LogP contribution is -2.05. The van der Waals surface area contributed by atoms with Gasteiger partial charge in [-0.05, 0) is 24.7 Å². The van der Waals surface area contributed by atoms with Crippen molar-refractivity contribution in [3.63, 3.8) is 0 Å². The Bertz CT molecular complexity index is 339. The smallest absolute Gasteiger partial charge is 0.125 e. The van der Waals surface area contributed by atoms with Crippen molar-refractivity contribution in [3.05, 3.63) is 40.4 Å². The standard InChI is InChI=1S/C11H13Cl2NO/c1-14-7-9-3-2-4-11(5-9)15-8-10(13)6-12/h2-6,14H,7-8H2,1H3. The summed E-state index contributed by atoms with van der Waals surface area (Å²) in [5.41, 5.74) is 2.47. The van der Waals surface area contributed by atoms with Crippen molar-refractivity contribution in [2.45, 2.75) is 6.54 Å². The van der Waals surface area contributed by atoms with Crippen molar-refractivity contribution in [1.29, 1.82) is 0 Å². The molecular weight excluding hydrogens is 233 g/mol. The second kappa shape index (κ2) is 6.72. The van der Waals surface area contributed by atoms with Crippen LogP contribution in [0.1, 0.15) is 5.56 Å². The second-order valence-electron chi connectivity index (χ2n) is 3.02. The van der Waals surface area contributed by atoms with Gasteiger partial charge in [-0.15, -0.1) is 0 Å². The number of nitrogens with one attached hydrogen (secondary N) is 1. The Hall–Kier alpha value is -0.700. The summed E-state index contributed by atoms with van der Waals surface area (Å²) in [5, 5.41) is 3.56. The van der Waals surface area contributed by atoms with Gasteiger partial charge in [0.05, 0.1) is 5.03 Å². The van der Waals surface area contributed by atoms with Crippen molar-refractivity contribution < 1.29 is 4.74 Å². The van der Waals surface area contributed by atoms with Crippen LogP contribution in [-0.2, 0) is 6.54 Å². The van der Waals surface area contributed by atoms with Gasteiger partial charge in [-0.1, -0.05) is 35.3 Å². The molecule has 0 unspecified atom stereocenters. The maximum atomic E-state index is 5.71. The zero-order chi connectivity index (χ0) is 11.1. The summed E-state index contributed by atoms with van der Waals surface area (Å²) in [6.07, 6.45) is 0. The Morgan fingerprint density at radius 2 is 2.33 bits per heavy atom. The quantitative estimate of drug-likeness (QED) is 0.861. The van der Waals surface area contributed by atoms with E-state index in [1.54, 1.807) is 0 Å². The van der Waals surface area contributed by atoms with Crippen molar-refractivity contribution in [3.8, 4) is 5.75 Å². The summed E-state index contributed by atoms with van der Waals surface area (Å²) < 4.78 is 5.43. The van der Waals surface area contributed by atoms with Gasteiger partial charge in [-0.3, -0.25) is 0 Å². The third-order valence-electron chi connectivity index (χ3n) is 1.77. The van der Waals surface area contributed by atoms with Gasteiger partial charge < -0.3 is 10.1 Å². The third-order valence-corrected chi connectivity index (χ3v) is 2.37. The zero-order valence-electron chi connectivity index (χ0n) is 8.47. The van der Waals surface area contributed by atoms with Gasteiger partial charge in [0.1, 0.15) is 12.4 Å². The molecule has 2 nitrogen and oxygen atoms in total. The maximum Gasteiger partial charge on any atom is 0.125 e. The normalized spacial score (nSPS) is 11.5. The molecule has 1 N–H and O–H groups in total. The number of hydrogen-bond donors (Lipinski definition) is 1. The van der Waals surface area contributed by atoms with Crippen LogP contribution >= 0.6 is 23.2 Å². The Morgan fingerprint density at radius 3 is 3.00 bits per heavy atom. The average Bonchev–Trinajstić information content (AvgIpc) is 2.27. The van der Waals surface area contributed by atoms with E-state index in [0.29, 0.717) is 11.6 Å². The maximum absolute atomic E-state index is 5.71. The number of hydrogen-bond acceptors (Lipinski definition) is 2. The third kappa shape index (κ3) is 4.56. The van der Waals surface area contributed by atoms with Crippen molar-refractivity contribution in [1.82, 2.24) is 5.32 Å². The summed E-state index contributed by atoms with van der Waals surface area (Å²) >= 11 is 11.1. The molecule has 0 atom stereocenters. The van der Waals surface area contributed by atoms with E-state index in [4.69, 9.17) is 27.9 Å². The highest BCUT2D eigenvalue weighted by Gasteiger charge is 1.97. The predicted octanol–water partition coefficient (Wildman–Crippen LogP) is 3.10. The first-order valence-corrected chi connectivity index (χ1v) is 5.39. The van der Waals surface area contributed by atoms with Gasteiger partial charge >= 0.3 is 0 Å². The lowest BCUT2D eigenvalue weighted by atomic mass is 10.2. The Kier molecular flexibility index (Phi) is 5.54. The van der Waals surface area contributed by atoms with Gasteiger partial charge in [0.15, 0.2) is 0 Å². The van der Waals surface area contributed by atoms with Gasteiger partial charge in [-0.25, -0.2) is 0 Å². The van der Waals surface area contributed by atoms with E-state index in [1.165, 1.54) is 11.1 Å². The fourth-order valence-electron chi connectivity index (χ4n) is 1.13. The zero-order valence-corrected chi connectivity index (χ0v) is 9.98. The first-order chi connectivity index (χ1) is 7.26. The number of ether oxygens (including phenoxy) is 1. The Labute approximate surface area is 99.8 Å². The fourth-order valence-corrected chi connectivity index (χ4v) is 1.25. The van der Waals surface area contributed by atoms with E-state index >= 15 is 0 Å². The molecule has 0 aliphatic rings. The van der Waals surface area contributed by atoms with Crippen LogP contribution in [0.5, 0.6) is 5.75 Å². The molecule has 0 bridgehead atoms. The summed E-state index contributed by atoms with van der Waals surface area (Å²) in [4.78, 5) is 0. The number of benzene rings is 1. The highest BCUT2D eigenvalue weighted by molar-refractivity contribution is 6.36. The first-order valence-electron chi connectivity index (χ1n) is 4.57. The molecule has 0 heterocycles. The van der Waals surface area contributed by atoms with Crippen LogP contribution < -0.4 is 10.1 Å². The summed E-state index contributed by atoms with van der Waals surface area (Å²) in [5.74, 6) is 0.791. The van der Waals surface area contributed by atoms with Crippen molar-refractivity contribution in [2.24, 2.45) is 0 Å². The van der Waals surface area contributed by atoms with Crippen LogP contribution in [-0.4, -0.2) is 13.7 Å². The van der Waals surface area contributed by atoms with Crippen molar-refractivity contribution >= 4 is 23.2 Å². The van der Waals surface area contributed by atoms with Crippen LogP contribution in [0.3, 0.4) is 0 Å². The molecule has 1 rings (SSSR count). The molecule has 0 spiro atoms. The minimum atomic E-state index is 0.300. The SMILES string of the molecule is CNCc1cccc(OCC(Cl)=CCl)c1. The summed E-state index contributed by atoms with van der Waals surface area (Å²) in [6.45, 7) is 1.12. The molecule has 1 aromatic rings. The molecule has 82 valence electrons. The van der Waals surface area contributed by atoms with Crippen molar-refractivity contribution in [2.75, 3.05) is 13.7 Å². The molecule has 0 aliphatic carbocycles. The molecule has 15 heavy (non-hydrogen) atoms. The highest BCUT2D eigenvalue weighted by Crippen LogP contribution is 2.15. The largest absolute Gasteiger partial charge is 0.488 e. The predicted molar refractivity (Wildman–Crippen MR) is 64.5 cm³/mol. The molecule has 0 amide bonds. The topological polar surface area (TPSA) is 21.3 Å². The molecule has 0 aliphatic heterocycles. The molecule has 0 radical (unpaired) electrons. The minimum absolute atomic E-state index is 0.300. The fraction of sp³-hybridized carbons (Fsp3) is 0.273. The lowest BCUT2D eigenvalue weighted by Gasteiger charge is -2.06. The van der Waals surface area contributed by atoms with E-state index in [1.807, 2.05) is 31.3 Å². The molecule has 1 aromatic carbocycles. The van der Waals surface area contributed by atoms with Crippen LogP contribution in [0.2, 0.25) is 0 Å². The Balaban J connectivity index is 2.57. The highest BCUT2D eigenvalue weighted by atomic mass is 35.5. The molecule has 0 aromatic heterocycles. The van der Waals surface area contributed by atoms with E-state index in [9.17, 15) is 0 Å². The minimum Gasteiger partial charge on any atom is -0.488 e. The van der Waals surface area contributed by atoms with Crippen LogP contribution in [0.25, 0.3) is 0 Å². The molecule has 0 saturated carbocycles. The Morgan fingerprint density at radius 1 is 1.53 bits per heavy atom. The number of halogens is 2. The van der Waals surface area contributed by atoms with E-state index in [0.717, 1.165) is 12.3 Å². The monoisotopic (exact) mass is 245 g/mol.